The Balaban J connectivity index is 1.56. The summed E-state index contributed by atoms with van der Waals surface area (Å²) in [6, 6.07) is 13.1. The van der Waals surface area contributed by atoms with Gasteiger partial charge in [-0.15, -0.1) is 0 Å². The summed E-state index contributed by atoms with van der Waals surface area (Å²) >= 11 is 6.10. The summed E-state index contributed by atoms with van der Waals surface area (Å²) in [7, 11) is 0. The molecule has 3 aromatic rings. The van der Waals surface area contributed by atoms with Gasteiger partial charge in [-0.2, -0.15) is 5.10 Å². The molecule has 0 aliphatic heterocycles. The predicted molar refractivity (Wildman–Crippen MR) is 113 cm³/mol. The van der Waals surface area contributed by atoms with Gasteiger partial charge in [0, 0.05) is 17.7 Å². The van der Waals surface area contributed by atoms with Crippen molar-refractivity contribution in [3.63, 3.8) is 0 Å². The average molecular weight is 428 g/mol. The lowest BCUT2D eigenvalue weighted by Crippen LogP contribution is -2.24. The molecular formula is C21H18ClN3O5. The maximum atomic E-state index is 11.9. The SMILES string of the molecule is Cc1cc(C)cc(OCC(=O)N/N=C\c2ccc(-c3ccc([N+](=O)[O-])cc3Cl)o2)c1. The Morgan fingerprint density at radius 3 is 2.60 bits per heavy atom. The molecule has 0 aliphatic rings. The number of carbonyl (C=O) groups excluding carboxylic acids is 1. The van der Waals surface area contributed by atoms with Crippen molar-refractivity contribution in [3.05, 3.63) is 80.6 Å². The van der Waals surface area contributed by atoms with Gasteiger partial charge in [-0.05, 0) is 55.3 Å². The van der Waals surface area contributed by atoms with Crippen molar-refractivity contribution in [3.8, 4) is 17.1 Å². The molecule has 1 heterocycles. The number of furan rings is 1. The van der Waals surface area contributed by atoms with E-state index in [9.17, 15) is 14.9 Å². The van der Waals surface area contributed by atoms with E-state index in [1.807, 2.05) is 32.0 Å². The lowest BCUT2D eigenvalue weighted by atomic mass is 10.1. The molecule has 0 aliphatic carbocycles. The van der Waals surface area contributed by atoms with Crippen LogP contribution in [0, 0.1) is 24.0 Å². The Morgan fingerprint density at radius 2 is 1.93 bits per heavy atom. The number of hydrogen-bond donors (Lipinski definition) is 1. The largest absolute Gasteiger partial charge is 0.484 e. The first kappa shape index (κ1) is 21.1. The summed E-state index contributed by atoms with van der Waals surface area (Å²) in [6.45, 7) is 3.72. The molecule has 0 bridgehead atoms. The number of halogens is 1. The Bertz CT molecular complexity index is 1100. The van der Waals surface area contributed by atoms with Gasteiger partial charge in [0.2, 0.25) is 0 Å². The van der Waals surface area contributed by atoms with E-state index in [0.29, 0.717) is 22.8 Å². The molecule has 8 nitrogen and oxygen atoms in total. The predicted octanol–water partition coefficient (Wildman–Crippen LogP) is 4.65. The van der Waals surface area contributed by atoms with E-state index >= 15 is 0 Å². The molecule has 0 radical (unpaired) electrons. The van der Waals surface area contributed by atoms with Gasteiger partial charge in [-0.1, -0.05) is 17.7 Å². The highest BCUT2D eigenvalue weighted by molar-refractivity contribution is 6.33. The van der Waals surface area contributed by atoms with E-state index in [0.717, 1.165) is 11.1 Å². The van der Waals surface area contributed by atoms with Crippen molar-refractivity contribution >= 4 is 29.4 Å². The lowest BCUT2D eigenvalue weighted by molar-refractivity contribution is -0.384. The van der Waals surface area contributed by atoms with Gasteiger partial charge in [0.05, 0.1) is 16.2 Å². The number of nitrogens with one attached hydrogen (secondary N) is 1. The third-order valence-corrected chi connectivity index (χ3v) is 4.31. The maximum absolute atomic E-state index is 11.9. The molecule has 0 saturated carbocycles. The second kappa shape index (κ2) is 9.23. The zero-order chi connectivity index (χ0) is 21.7. The summed E-state index contributed by atoms with van der Waals surface area (Å²) in [4.78, 5) is 22.2. The standard InChI is InChI=1S/C21H18ClN3O5/c1-13-7-14(2)9-17(8-13)29-12-21(26)24-23-11-16-4-6-20(30-16)18-5-3-15(25(27)28)10-19(18)22/h3-11H,12H2,1-2H3,(H,24,26)/b23-11-. The first-order valence-corrected chi connectivity index (χ1v) is 9.27. The third kappa shape index (κ3) is 5.45. The van der Waals surface area contributed by atoms with Crippen LogP contribution in [0.3, 0.4) is 0 Å². The maximum Gasteiger partial charge on any atom is 0.277 e. The summed E-state index contributed by atoms with van der Waals surface area (Å²) < 4.78 is 11.1. The number of amides is 1. The molecule has 9 heteroatoms. The minimum absolute atomic E-state index is 0.108. The number of carbonyl (C=O) groups is 1. The third-order valence-electron chi connectivity index (χ3n) is 4.00. The van der Waals surface area contributed by atoms with Gasteiger partial charge in [0.15, 0.2) is 6.61 Å². The van der Waals surface area contributed by atoms with Gasteiger partial charge in [0.25, 0.3) is 11.6 Å². The number of nitro groups is 1. The molecule has 1 aromatic heterocycles. The molecule has 0 fully saturated rings. The van der Waals surface area contributed by atoms with E-state index < -0.39 is 10.8 Å². The number of non-ortho nitro benzene ring substituents is 1. The fourth-order valence-electron chi connectivity index (χ4n) is 2.75. The van der Waals surface area contributed by atoms with Crippen molar-refractivity contribution < 1.29 is 18.9 Å². The zero-order valence-electron chi connectivity index (χ0n) is 16.2. The van der Waals surface area contributed by atoms with Crippen molar-refractivity contribution in [2.24, 2.45) is 5.10 Å². The normalized spacial score (nSPS) is 10.9. The van der Waals surface area contributed by atoms with Crippen LogP contribution < -0.4 is 10.2 Å². The van der Waals surface area contributed by atoms with Crippen LogP contribution >= 0.6 is 11.6 Å². The molecule has 0 unspecified atom stereocenters. The van der Waals surface area contributed by atoms with Gasteiger partial charge in [-0.3, -0.25) is 14.9 Å². The number of aryl methyl sites for hydroxylation is 2. The number of benzene rings is 2. The molecule has 1 N–H and O–H groups in total. The van der Waals surface area contributed by atoms with Crippen molar-refractivity contribution in [2.75, 3.05) is 6.61 Å². The number of ether oxygens (including phenoxy) is 1. The Labute approximate surface area is 177 Å². The summed E-state index contributed by atoms with van der Waals surface area (Å²) in [5.41, 5.74) is 4.85. The Hall–Kier alpha value is -3.65. The van der Waals surface area contributed by atoms with Gasteiger partial charge in [0.1, 0.15) is 17.3 Å². The van der Waals surface area contributed by atoms with Crippen LogP contribution in [0.25, 0.3) is 11.3 Å². The summed E-state index contributed by atoms with van der Waals surface area (Å²) in [5.74, 6) is 0.980. The van der Waals surface area contributed by atoms with E-state index in [1.54, 1.807) is 12.1 Å². The van der Waals surface area contributed by atoms with Crippen LogP contribution in [-0.2, 0) is 4.79 Å². The van der Waals surface area contributed by atoms with Crippen LogP contribution in [-0.4, -0.2) is 23.7 Å². The number of hydrazone groups is 1. The molecule has 3 rings (SSSR count). The Morgan fingerprint density at radius 1 is 1.20 bits per heavy atom. The van der Waals surface area contributed by atoms with Gasteiger partial charge >= 0.3 is 0 Å². The minimum Gasteiger partial charge on any atom is -0.484 e. The molecule has 0 spiro atoms. The van der Waals surface area contributed by atoms with Crippen LogP contribution in [0.15, 0.2) is 58.0 Å². The molecule has 0 saturated heterocycles. The van der Waals surface area contributed by atoms with Crippen LogP contribution in [0.4, 0.5) is 5.69 Å². The molecule has 0 atom stereocenters. The number of rotatable bonds is 7. The minimum atomic E-state index is -0.525. The first-order chi connectivity index (χ1) is 14.3. The molecule has 2 aromatic carbocycles. The Kier molecular flexibility index (Phi) is 6.48. The van der Waals surface area contributed by atoms with Gasteiger partial charge < -0.3 is 9.15 Å². The van der Waals surface area contributed by atoms with Crippen molar-refractivity contribution in [1.82, 2.24) is 5.43 Å². The van der Waals surface area contributed by atoms with Gasteiger partial charge in [-0.25, -0.2) is 5.43 Å². The second-order valence-electron chi connectivity index (χ2n) is 6.53. The molecular weight excluding hydrogens is 410 g/mol. The smallest absolute Gasteiger partial charge is 0.277 e. The average Bonchev–Trinajstić information content (AvgIpc) is 3.14. The molecule has 154 valence electrons. The van der Waals surface area contributed by atoms with E-state index in [4.69, 9.17) is 20.8 Å². The monoisotopic (exact) mass is 427 g/mol. The number of nitro benzene ring substituents is 1. The lowest BCUT2D eigenvalue weighted by Gasteiger charge is -2.07. The highest BCUT2D eigenvalue weighted by atomic mass is 35.5. The fourth-order valence-corrected chi connectivity index (χ4v) is 3.02. The second-order valence-corrected chi connectivity index (χ2v) is 6.94. The van der Waals surface area contributed by atoms with E-state index in [2.05, 4.69) is 10.5 Å². The first-order valence-electron chi connectivity index (χ1n) is 8.89. The highest BCUT2D eigenvalue weighted by Gasteiger charge is 2.13. The zero-order valence-corrected chi connectivity index (χ0v) is 17.0. The van der Waals surface area contributed by atoms with E-state index in [1.165, 1.54) is 24.4 Å². The summed E-state index contributed by atoms with van der Waals surface area (Å²) in [5, 5.41) is 14.8. The van der Waals surface area contributed by atoms with Crippen LogP contribution in [0.2, 0.25) is 5.02 Å². The fraction of sp³-hybridized carbons (Fsp3) is 0.143. The number of nitrogens with zero attached hydrogens (tertiary/aromatic N) is 2. The molecule has 30 heavy (non-hydrogen) atoms. The topological polar surface area (TPSA) is 107 Å². The quantitative estimate of drug-likeness (QED) is 0.335. The van der Waals surface area contributed by atoms with Crippen molar-refractivity contribution in [1.29, 1.82) is 0 Å². The number of hydrogen-bond acceptors (Lipinski definition) is 6. The van der Waals surface area contributed by atoms with Crippen LogP contribution in [0.5, 0.6) is 5.75 Å². The van der Waals surface area contributed by atoms with Crippen LogP contribution in [0.1, 0.15) is 16.9 Å². The highest BCUT2D eigenvalue weighted by Crippen LogP contribution is 2.32. The molecule has 1 amide bonds. The van der Waals surface area contributed by atoms with E-state index in [-0.39, 0.29) is 17.3 Å². The summed E-state index contributed by atoms with van der Waals surface area (Å²) in [6.07, 6.45) is 1.33. The van der Waals surface area contributed by atoms with Crippen molar-refractivity contribution in [2.45, 2.75) is 13.8 Å².